The number of carbonyl (C=O) groups excluding carboxylic acids is 1. The highest BCUT2D eigenvalue weighted by molar-refractivity contribution is 5.86. The molecule has 0 bridgehead atoms. The van der Waals surface area contributed by atoms with Crippen LogP contribution >= 0.6 is 0 Å². The van der Waals surface area contributed by atoms with Crippen molar-refractivity contribution in [1.82, 2.24) is 0 Å². The van der Waals surface area contributed by atoms with Crippen LogP contribution in [0.15, 0.2) is 42.5 Å². The fourth-order valence-corrected chi connectivity index (χ4v) is 1.90. The van der Waals surface area contributed by atoms with Crippen LogP contribution in [0.4, 0.5) is 0 Å². The number of epoxide rings is 1. The quantitative estimate of drug-likeness (QED) is 0.249. The third-order valence-corrected chi connectivity index (χ3v) is 3.03. The van der Waals surface area contributed by atoms with Crippen LogP contribution < -0.4 is 0 Å². The molecule has 0 N–H and O–H groups in total. The van der Waals surface area contributed by atoms with Crippen LogP contribution in [0, 0.1) is 0 Å². The second kappa shape index (κ2) is 6.50. The monoisotopic (exact) mass is 262 g/mol. The average molecular weight is 262 g/mol. The Morgan fingerprint density at radius 3 is 2.74 bits per heavy atom. The minimum atomic E-state index is -0.529. The molecule has 1 aliphatic rings. The second-order valence-corrected chi connectivity index (χ2v) is 4.65. The van der Waals surface area contributed by atoms with Gasteiger partial charge in [0.1, 0.15) is 0 Å². The summed E-state index contributed by atoms with van der Waals surface area (Å²) in [5.74, 6) is -0.247. The van der Waals surface area contributed by atoms with Gasteiger partial charge in [0.25, 0.3) is 0 Å². The second-order valence-electron chi connectivity index (χ2n) is 4.65. The number of rotatable bonds is 7. The summed E-state index contributed by atoms with van der Waals surface area (Å²) >= 11 is 0. The maximum Gasteiger partial charge on any atom is 0.368 e. The van der Waals surface area contributed by atoms with Crippen molar-refractivity contribution in [2.45, 2.75) is 25.4 Å². The third kappa shape index (κ3) is 4.19. The van der Waals surface area contributed by atoms with E-state index in [1.54, 1.807) is 6.92 Å². The molecular formula is C15H18O4. The lowest BCUT2D eigenvalue weighted by Crippen LogP contribution is -2.12. The molecule has 0 amide bonds. The van der Waals surface area contributed by atoms with Gasteiger partial charge in [0, 0.05) is 11.5 Å². The van der Waals surface area contributed by atoms with E-state index in [0.29, 0.717) is 12.2 Å². The molecule has 1 fully saturated rings. The molecule has 2 atom stereocenters. The molecular weight excluding hydrogens is 244 g/mol. The Morgan fingerprint density at radius 2 is 2.16 bits per heavy atom. The van der Waals surface area contributed by atoms with Crippen LogP contribution in [-0.2, 0) is 19.3 Å². The maximum absolute atomic E-state index is 11.1. The Morgan fingerprint density at radius 1 is 1.47 bits per heavy atom. The molecule has 0 spiro atoms. The molecule has 2 unspecified atom stereocenters. The van der Waals surface area contributed by atoms with Gasteiger partial charge in [0.15, 0.2) is 0 Å². The fourth-order valence-electron chi connectivity index (χ4n) is 1.90. The third-order valence-electron chi connectivity index (χ3n) is 3.03. The number of hydrogen-bond donors (Lipinski definition) is 0. The van der Waals surface area contributed by atoms with Gasteiger partial charge in [0.2, 0.25) is 0 Å². The van der Waals surface area contributed by atoms with Crippen LogP contribution in [-0.4, -0.2) is 25.3 Å². The zero-order chi connectivity index (χ0) is 13.7. The highest BCUT2D eigenvalue weighted by Gasteiger charge is 2.33. The van der Waals surface area contributed by atoms with Gasteiger partial charge in [0.05, 0.1) is 19.3 Å². The SMILES string of the molecule is C=C(C)C(=O)OOCCC(c1ccccc1)C1CO1. The van der Waals surface area contributed by atoms with Gasteiger partial charge in [-0.3, -0.25) is 4.89 Å². The van der Waals surface area contributed by atoms with Crippen molar-refractivity contribution in [3.8, 4) is 0 Å². The van der Waals surface area contributed by atoms with Crippen molar-refractivity contribution in [1.29, 1.82) is 0 Å². The Balaban J connectivity index is 1.79. The largest absolute Gasteiger partial charge is 0.372 e. The first kappa shape index (κ1) is 13.8. The van der Waals surface area contributed by atoms with Crippen LogP contribution in [0.3, 0.4) is 0 Å². The Bertz CT molecular complexity index is 437. The van der Waals surface area contributed by atoms with Crippen molar-refractivity contribution in [3.63, 3.8) is 0 Å². The predicted octanol–water partition coefficient (Wildman–Crippen LogP) is 2.61. The number of ether oxygens (including phenoxy) is 1. The van der Waals surface area contributed by atoms with E-state index >= 15 is 0 Å². The summed E-state index contributed by atoms with van der Waals surface area (Å²) in [4.78, 5) is 20.7. The van der Waals surface area contributed by atoms with Crippen molar-refractivity contribution in [3.05, 3.63) is 48.0 Å². The highest BCUT2D eigenvalue weighted by atomic mass is 17.2. The number of benzene rings is 1. The molecule has 1 aromatic carbocycles. The molecule has 0 aliphatic carbocycles. The summed E-state index contributed by atoms with van der Waals surface area (Å²) in [6.45, 7) is 6.19. The van der Waals surface area contributed by atoms with Gasteiger partial charge < -0.3 is 4.74 Å². The van der Waals surface area contributed by atoms with Crippen LogP contribution in [0.2, 0.25) is 0 Å². The lowest BCUT2D eigenvalue weighted by Gasteiger charge is -2.14. The molecule has 2 rings (SSSR count). The molecule has 102 valence electrons. The van der Waals surface area contributed by atoms with Crippen LogP contribution in [0.5, 0.6) is 0 Å². The average Bonchev–Trinajstić information content (AvgIpc) is 3.23. The van der Waals surface area contributed by atoms with E-state index in [9.17, 15) is 4.79 Å². The van der Waals surface area contributed by atoms with Gasteiger partial charge in [-0.1, -0.05) is 36.9 Å². The standard InChI is InChI=1S/C15H18O4/c1-11(2)15(16)19-18-9-8-13(14-10-17-14)12-6-4-3-5-7-12/h3-7,13-14H,1,8-10H2,2H3. The first-order valence-electron chi connectivity index (χ1n) is 6.34. The number of hydrogen-bond acceptors (Lipinski definition) is 4. The molecule has 4 nitrogen and oxygen atoms in total. The lowest BCUT2D eigenvalue weighted by molar-refractivity contribution is -0.269. The van der Waals surface area contributed by atoms with Crippen molar-refractivity contribution >= 4 is 5.97 Å². The predicted molar refractivity (Wildman–Crippen MR) is 70.4 cm³/mol. The topological polar surface area (TPSA) is 48.1 Å². The molecule has 0 aromatic heterocycles. The Kier molecular flexibility index (Phi) is 4.71. The van der Waals surface area contributed by atoms with E-state index in [2.05, 4.69) is 23.6 Å². The maximum atomic E-state index is 11.1. The minimum Gasteiger partial charge on any atom is -0.372 e. The van der Waals surface area contributed by atoms with Gasteiger partial charge in [-0.05, 0) is 18.9 Å². The van der Waals surface area contributed by atoms with Gasteiger partial charge >= 0.3 is 5.97 Å². The van der Waals surface area contributed by atoms with Gasteiger partial charge in [-0.15, -0.1) is 0 Å². The van der Waals surface area contributed by atoms with E-state index in [1.807, 2.05) is 18.2 Å². The summed E-state index contributed by atoms with van der Waals surface area (Å²) in [6.07, 6.45) is 1.00. The lowest BCUT2D eigenvalue weighted by atomic mass is 9.93. The van der Waals surface area contributed by atoms with E-state index in [-0.39, 0.29) is 12.0 Å². The van der Waals surface area contributed by atoms with Crippen molar-refractivity contribution in [2.24, 2.45) is 0 Å². The number of carbonyl (C=O) groups is 1. The Hall–Kier alpha value is -1.65. The smallest absolute Gasteiger partial charge is 0.368 e. The van der Waals surface area contributed by atoms with E-state index in [1.165, 1.54) is 5.56 Å². The van der Waals surface area contributed by atoms with E-state index < -0.39 is 5.97 Å². The van der Waals surface area contributed by atoms with E-state index in [4.69, 9.17) is 9.62 Å². The summed E-state index contributed by atoms with van der Waals surface area (Å²) < 4.78 is 5.36. The molecule has 19 heavy (non-hydrogen) atoms. The zero-order valence-corrected chi connectivity index (χ0v) is 11.0. The summed E-state index contributed by atoms with van der Waals surface area (Å²) in [7, 11) is 0. The van der Waals surface area contributed by atoms with E-state index in [0.717, 1.165) is 13.0 Å². The molecule has 1 aromatic rings. The molecule has 1 saturated heterocycles. The first-order valence-corrected chi connectivity index (χ1v) is 6.34. The first-order chi connectivity index (χ1) is 9.18. The summed E-state index contributed by atoms with van der Waals surface area (Å²) in [5, 5.41) is 0. The van der Waals surface area contributed by atoms with Crippen LogP contribution in [0.25, 0.3) is 0 Å². The van der Waals surface area contributed by atoms with Gasteiger partial charge in [-0.25, -0.2) is 4.79 Å². The molecule has 0 radical (unpaired) electrons. The molecule has 4 heteroatoms. The van der Waals surface area contributed by atoms with Crippen LogP contribution in [0.1, 0.15) is 24.8 Å². The molecule has 1 aliphatic heterocycles. The highest BCUT2D eigenvalue weighted by Crippen LogP contribution is 2.32. The molecule has 1 heterocycles. The van der Waals surface area contributed by atoms with Gasteiger partial charge in [-0.2, -0.15) is 4.89 Å². The van der Waals surface area contributed by atoms with Crippen molar-refractivity contribution in [2.75, 3.05) is 13.2 Å². The zero-order valence-electron chi connectivity index (χ0n) is 11.0. The minimum absolute atomic E-state index is 0.253. The normalized spacial score (nSPS) is 18.7. The molecule has 0 saturated carbocycles. The van der Waals surface area contributed by atoms with Crippen molar-refractivity contribution < 1.29 is 19.3 Å². The summed E-state index contributed by atoms with van der Waals surface area (Å²) in [6, 6.07) is 10.2. The Labute approximate surface area is 112 Å². The fraction of sp³-hybridized carbons (Fsp3) is 0.400. The summed E-state index contributed by atoms with van der Waals surface area (Å²) in [5.41, 5.74) is 1.55.